The van der Waals surface area contributed by atoms with Gasteiger partial charge in [-0.1, -0.05) is 38.1 Å². The Balaban J connectivity index is 1.79. The van der Waals surface area contributed by atoms with Gasteiger partial charge < -0.3 is 10.2 Å². The Bertz CT molecular complexity index is 1150. The molecule has 150 valence electrons. The van der Waals surface area contributed by atoms with Gasteiger partial charge in [-0.2, -0.15) is 0 Å². The lowest BCUT2D eigenvalue weighted by molar-refractivity contribution is -0.124. The second-order valence-electron chi connectivity index (χ2n) is 8.25. The van der Waals surface area contributed by atoms with Gasteiger partial charge in [-0.15, -0.1) is 0 Å². The number of hydrogen-bond acceptors (Lipinski definition) is 4. The number of hydrogen-bond donors (Lipinski definition) is 1. The van der Waals surface area contributed by atoms with E-state index in [9.17, 15) is 9.59 Å². The van der Waals surface area contributed by atoms with E-state index < -0.39 is 6.04 Å². The molecule has 1 aromatic heterocycles. The Morgan fingerprint density at radius 3 is 2.62 bits per heavy atom. The Morgan fingerprint density at radius 1 is 1.21 bits per heavy atom. The molecular weight excluding hydrogens is 364 g/mol. The van der Waals surface area contributed by atoms with Crippen molar-refractivity contribution in [2.24, 2.45) is 5.73 Å². The second-order valence-corrected chi connectivity index (χ2v) is 8.25. The van der Waals surface area contributed by atoms with E-state index >= 15 is 0 Å². The van der Waals surface area contributed by atoms with Gasteiger partial charge in [0.05, 0.1) is 6.04 Å². The zero-order valence-corrected chi connectivity index (χ0v) is 17.1. The van der Waals surface area contributed by atoms with Crippen molar-refractivity contribution in [3.8, 4) is 0 Å². The zero-order valence-electron chi connectivity index (χ0n) is 17.1. The van der Waals surface area contributed by atoms with Crippen LogP contribution in [-0.2, 0) is 24.3 Å². The van der Waals surface area contributed by atoms with Crippen molar-refractivity contribution in [3.05, 3.63) is 80.7 Å². The minimum Gasteiger partial charge on any atom is -0.423 e. The van der Waals surface area contributed by atoms with Crippen molar-refractivity contribution in [1.29, 1.82) is 0 Å². The van der Waals surface area contributed by atoms with Crippen LogP contribution in [0.5, 0.6) is 0 Å². The van der Waals surface area contributed by atoms with Gasteiger partial charge in [0.1, 0.15) is 5.58 Å². The molecule has 0 saturated heterocycles. The van der Waals surface area contributed by atoms with Gasteiger partial charge in [0.15, 0.2) is 0 Å². The van der Waals surface area contributed by atoms with Crippen LogP contribution < -0.4 is 11.4 Å². The van der Waals surface area contributed by atoms with E-state index in [1.807, 2.05) is 31.2 Å². The summed E-state index contributed by atoms with van der Waals surface area (Å²) in [4.78, 5) is 26.5. The third kappa shape index (κ3) is 3.70. The molecule has 1 atom stereocenters. The van der Waals surface area contributed by atoms with Crippen molar-refractivity contribution in [2.45, 2.75) is 52.2 Å². The summed E-state index contributed by atoms with van der Waals surface area (Å²) in [5.74, 6) is 0.0184. The average molecular weight is 390 g/mol. The fourth-order valence-electron chi connectivity index (χ4n) is 4.39. The number of rotatable bonds is 4. The number of carbonyl (C=O) groups is 1. The molecule has 2 heterocycles. The first-order chi connectivity index (χ1) is 13.8. The van der Waals surface area contributed by atoms with Crippen LogP contribution in [0.2, 0.25) is 0 Å². The highest BCUT2D eigenvalue weighted by atomic mass is 16.4. The smallest absolute Gasteiger partial charge is 0.336 e. The topological polar surface area (TPSA) is 76.5 Å². The van der Waals surface area contributed by atoms with E-state index in [1.54, 1.807) is 6.07 Å². The Labute approximate surface area is 170 Å². The fourth-order valence-corrected chi connectivity index (χ4v) is 4.39. The lowest BCUT2D eigenvalue weighted by Crippen LogP contribution is -2.48. The van der Waals surface area contributed by atoms with Crippen LogP contribution >= 0.6 is 0 Å². The summed E-state index contributed by atoms with van der Waals surface area (Å²) in [6.45, 7) is 7.42. The Morgan fingerprint density at radius 2 is 1.93 bits per heavy atom. The molecule has 2 N–H and O–H groups in total. The molecule has 0 bridgehead atoms. The number of primary amides is 1. The fraction of sp³-hybridized carbons (Fsp3) is 0.333. The first-order valence-electron chi connectivity index (χ1n) is 10.0. The molecule has 0 fully saturated rings. The highest BCUT2D eigenvalue weighted by Gasteiger charge is 2.30. The predicted molar refractivity (Wildman–Crippen MR) is 114 cm³/mol. The summed E-state index contributed by atoms with van der Waals surface area (Å²) in [6, 6.07) is 13.3. The van der Waals surface area contributed by atoms with Gasteiger partial charge >= 0.3 is 5.63 Å². The monoisotopic (exact) mass is 390 g/mol. The van der Waals surface area contributed by atoms with Crippen LogP contribution in [-0.4, -0.2) is 16.8 Å². The van der Waals surface area contributed by atoms with E-state index in [0.29, 0.717) is 31.0 Å². The van der Waals surface area contributed by atoms with E-state index in [-0.39, 0.29) is 11.5 Å². The summed E-state index contributed by atoms with van der Waals surface area (Å²) in [6.07, 6.45) is 0.585. The maximum absolute atomic E-state index is 12.2. The molecule has 1 aliphatic heterocycles. The predicted octanol–water partition coefficient (Wildman–Crippen LogP) is 3.64. The highest BCUT2D eigenvalue weighted by molar-refractivity contribution is 5.83. The maximum Gasteiger partial charge on any atom is 0.336 e. The molecule has 0 spiro atoms. The van der Waals surface area contributed by atoms with Gasteiger partial charge in [-0.05, 0) is 59.2 Å². The van der Waals surface area contributed by atoms with Gasteiger partial charge in [-0.25, -0.2) is 4.79 Å². The summed E-state index contributed by atoms with van der Waals surface area (Å²) >= 11 is 0. The summed E-state index contributed by atoms with van der Waals surface area (Å²) in [7, 11) is 0. The van der Waals surface area contributed by atoms with Gasteiger partial charge in [0.25, 0.3) is 0 Å². The van der Waals surface area contributed by atoms with Crippen LogP contribution in [0.1, 0.15) is 47.6 Å². The molecule has 1 aliphatic rings. The normalized spacial score (nSPS) is 16.9. The molecule has 1 amide bonds. The number of nitrogens with zero attached hydrogens (tertiary/aromatic N) is 1. The lowest BCUT2D eigenvalue weighted by atomic mass is 9.92. The summed E-state index contributed by atoms with van der Waals surface area (Å²) in [5, 5.41) is 0.918. The minimum atomic E-state index is -0.401. The average Bonchev–Trinajstić information content (AvgIpc) is 2.66. The Kier molecular flexibility index (Phi) is 5.01. The summed E-state index contributed by atoms with van der Waals surface area (Å²) in [5.41, 5.74) is 11.5. The highest BCUT2D eigenvalue weighted by Crippen LogP contribution is 2.30. The van der Waals surface area contributed by atoms with E-state index in [1.165, 1.54) is 11.1 Å². The van der Waals surface area contributed by atoms with Crippen molar-refractivity contribution >= 4 is 16.9 Å². The largest absolute Gasteiger partial charge is 0.423 e. The van der Waals surface area contributed by atoms with E-state index in [4.69, 9.17) is 10.2 Å². The zero-order chi connectivity index (χ0) is 20.7. The van der Waals surface area contributed by atoms with Crippen LogP contribution in [0.15, 0.2) is 51.7 Å². The molecule has 0 radical (unpaired) electrons. The van der Waals surface area contributed by atoms with Crippen molar-refractivity contribution in [1.82, 2.24) is 4.90 Å². The minimum absolute atomic E-state index is 0.342. The molecule has 0 unspecified atom stereocenters. The third-order valence-corrected chi connectivity index (χ3v) is 5.89. The SMILES string of the molecule is Cc1cc2oc(=O)cc(CN3Cc4ccccc4C[C@H]3C(N)=O)c2cc1C(C)C. The first kappa shape index (κ1) is 19.4. The molecule has 29 heavy (non-hydrogen) atoms. The molecule has 2 aromatic carbocycles. The lowest BCUT2D eigenvalue weighted by Gasteiger charge is -2.35. The molecule has 3 aromatic rings. The third-order valence-electron chi connectivity index (χ3n) is 5.89. The Hall–Kier alpha value is -2.92. The van der Waals surface area contributed by atoms with Crippen molar-refractivity contribution < 1.29 is 9.21 Å². The standard InChI is InChI=1S/C24H26N2O3/c1-14(2)19-11-20-18(10-23(27)29-22(20)8-15(19)3)13-26-12-17-7-5-4-6-16(17)9-21(26)24(25)28/h4-8,10-11,14,21H,9,12-13H2,1-3H3,(H2,25,28)/t21-/m0/s1. The molecule has 5 nitrogen and oxygen atoms in total. The molecule has 5 heteroatoms. The van der Waals surface area contributed by atoms with E-state index in [2.05, 4.69) is 30.9 Å². The molecule has 0 saturated carbocycles. The van der Waals surface area contributed by atoms with Crippen molar-refractivity contribution in [2.75, 3.05) is 0 Å². The van der Waals surface area contributed by atoms with Crippen LogP contribution in [0.3, 0.4) is 0 Å². The number of nitrogens with two attached hydrogens (primary N) is 1. The molecule has 4 rings (SSSR count). The van der Waals surface area contributed by atoms with Crippen LogP contribution in [0.25, 0.3) is 11.0 Å². The number of carbonyl (C=O) groups excluding carboxylic acids is 1. The van der Waals surface area contributed by atoms with Crippen LogP contribution in [0.4, 0.5) is 0 Å². The second kappa shape index (κ2) is 7.48. The maximum atomic E-state index is 12.2. The van der Waals surface area contributed by atoms with E-state index in [0.717, 1.165) is 22.1 Å². The van der Waals surface area contributed by atoms with Crippen LogP contribution in [0, 0.1) is 6.92 Å². The quantitative estimate of drug-likeness (QED) is 0.690. The summed E-state index contributed by atoms with van der Waals surface area (Å²) < 4.78 is 5.47. The number of aryl methyl sites for hydroxylation is 1. The van der Waals surface area contributed by atoms with Gasteiger partial charge in [0, 0.05) is 24.5 Å². The number of benzene rings is 2. The molecule has 0 aliphatic carbocycles. The van der Waals surface area contributed by atoms with Gasteiger partial charge in [0.2, 0.25) is 5.91 Å². The van der Waals surface area contributed by atoms with Crippen molar-refractivity contribution in [3.63, 3.8) is 0 Å². The number of fused-ring (bicyclic) bond motifs is 2. The number of amides is 1. The first-order valence-corrected chi connectivity index (χ1v) is 10.0. The molecular formula is C24H26N2O3. The van der Waals surface area contributed by atoms with Gasteiger partial charge in [-0.3, -0.25) is 9.69 Å².